The van der Waals surface area contributed by atoms with Gasteiger partial charge in [0, 0.05) is 37.8 Å². The SMILES string of the molecule is CC1CCCc2nc(-c3ccc(N(C)C)cc3)c(N)n21. The molecule has 0 bridgehead atoms. The van der Waals surface area contributed by atoms with E-state index in [4.69, 9.17) is 10.7 Å². The maximum absolute atomic E-state index is 6.33. The first-order valence-corrected chi connectivity index (χ1v) is 7.22. The number of anilines is 2. The van der Waals surface area contributed by atoms with Crippen LogP contribution in [0.4, 0.5) is 11.5 Å². The number of aryl methyl sites for hydroxylation is 1. The van der Waals surface area contributed by atoms with E-state index in [2.05, 4.69) is 40.7 Å². The molecule has 2 heterocycles. The fourth-order valence-corrected chi connectivity index (χ4v) is 2.98. The fraction of sp³-hybridized carbons (Fsp3) is 0.438. The standard InChI is InChI=1S/C16H22N4/c1-11-5-4-6-14-18-15(16(17)20(11)14)12-7-9-13(10-8-12)19(2)3/h7-11H,4-6,17H2,1-3H3. The molecule has 0 fully saturated rings. The van der Waals surface area contributed by atoms with Gasteiger partial charge in [0.05, 0.1) is 0 Å². The lowest BCUT2D eigenvalue weighted by Gasteiger charge is -2.22. The van der Waals surface area contributed by atoms with Crippen LogP contribution < -0.4 is 10.6 Å². The average molecular weight is 270 g/mol. The zero-order valence-corrected chi connectivity index (χ0v) is 12.4. The van der Waals surface area contributed by atoms with Gasteiger partial charge >= 0.3 is 0 Å². The summed E-state index contributed by atoms with van der Waals surface area (Å²) in [5.74, 6) is 1.94. The first kappa shape index (κ1) is 13.0. The number of benzene rings is 1. The molecule has 0 aliphatic carbocycles. The highest BCUT2D eigenvalue weighted by Gasteiger charge is 2.23. The van der Waals surface area contributed by atoms with E-state index in [1.54, 1.807) is 0 Å². The molecule has 1 unspecified atom stereocenters. The van der Waals surface area contributed by atoms with Crippen LogP contribution in [-0.2, 0) is 6.42 Å². The second kappa shape index (κ2) is 4.85. The molecule has 1 aliphatic heterocycles. The molecule has 2 aromatic rings. The molecule has 20 heavy (non-hydrogen) atoms. The van der Waals surface area contributed by atoms with E-state index in [9.17, 15) is 0 Å². The van der Waals surface area contributed by atoms with Crippen molar-refractivity contribution < 1.29 is 0 Å². The van der Waals surface area contributed by atoms with Gasteiger partial charge in [0.2, 0.25) is 0 Å². The quantitative estimate of drug-likeness (QED) is 0.912. The summed E-state index contributed by atoms with van der Waals surface area (Å²) in [6.45, 7) is 2.22. The van der Waals surface area contributed by atoms with Gasteiger partial charge in [0.1, 0.15) is 17.3 Å². The predicted octanol–water partition coefficient (Wildman–Crippen LogP) is 3.10. The normalized spacial score (nSPS) is 17.9. The van der Waals surface area contributed by atoms with Crippen molar-refractivity contribution >= 4 is 11.5 Å². The van der Waals surface area contributed by atoms with Crippen LogP contribution in [0, 0.1) is 0 Å². The van der Waals surface area contributed by atoms with Crippen LogP contribution >= 0.6 is 0 Å². The molecule has 1 atom stereocenters. The Bertz CT molecular complexity index is 610. The second-order valence-electron chi connectivity index (χ2n) is 5.81. The molecule has 2 N–H and O–H groups in total. The predicted molar refractivity (Wildman–Crippen MR) is 84.1 cm³/mol. The Labute approximate surface area is 120 Å². The van der Waals surface area contributed by atoms with E-state index in [0.29, 0.717) is 6.04 Å². The fourth-order valence-electron chi connectivity index (χ4n) is 2.98. The monoisotopic (exact) mass is 270 g/mol. The minimum Gasteiger partial charge on any atom is -0.383 e. The Morgan fingerprint density at radius 3 is 2.55 bits per heavy atom. The third-order valence-electron chi connectivity index (χ3n) is 4.14. The summed E-state index contributed by atoms with van der Waals surface area (Å²) in [5, 5.41) is 0. The van der Waals surface area contributed by atoms with Crippen molar-refractivity contribution in [3.05, 3.63) is 30.1 Å². The van der Waals surface area contributed by atoms with E-state index in [-0.39, 0.29) is 0 Å². The lowest BCUT2D eigenvalue weighted by atomic mass is 10.1. The average Bonchev–Trinajstić information content (AvgIpc) is 2.77. The second-order valence-corrected chi connectivity index (χ2v) is 5.81. The van der Waals surface area contributed by atoms with Crippen molar-refractivity contribution in [1.29, 1.82) is 0 Å². The van der Waals surface area contributed by atoms with Crippen LogP contribution in [0.5, 0.6) is 0 Å². The summed E-state index contributed by atoms with van der Waals surface area (Å²) >= 11 is 0. The van der Waals surface area contributed by atoms with Gasteiger partial charge in [-0.3, -0.25) is 0 Å². The number of imidazole rings is 1. The molecule has 106 valence electrons. The number of hydrogen-bond donors (Lipinski definition) is 1. The zero-order valence-electron chi connectivity index (χ0n) is 12.4. The minimum atomic E-state index is 0.459. The molecule has 0 spiro atoms. The Kier molecular flexibility index (Phi) is 3.16. The maximum atomic E-state index is 6.33. The third kappa shape index (κ3) is 2.05. The Morgan fingerprint density at radius 1 is 1.25 bits per heavy atom. The molecule has 4 nitrogen and oxygen atoms in total. The van der Waals surface area contributed by atoms with Crippen LogP contribution in [-0.4, -0.2) is 23.6 Å². The van der Waals surface area contributed by atoms with Crippen molar-refractivity contribution in [2.45, 2.75) is 32.2 Å². The topological polar surface area (TPSA) is 47.1 Å². The summed E-state index contributed by atoms with van der Waals surface area (Å²) in [6, 6.07) is 8.88. The highest BCUT2D eigenvalue weighted by atomic mass is 15.2. The summed E-state index contributed by atoms with van der Waals surface area (Å²) in [7, 11) is 4.08. The minimum absolute atomic E-state index is 0.459. The number of nitrogens with two attached hydrogens (primary N) is 1. The van der Waals surface area contributed by atoms with Crippen molar-refractivity contribution in [2.24, 2.45) is 0 Å². The molecule has 0 saturated carbocycles. The van der Waals surface area contributed by atoms with E-state index >= 15 is 0 Å². The highest BCUT2D eigenvalue weighted by molar-refractivity contribution is 5.72. The van der Waals surface area contributed by atoms with Crippen molar-refractivity contribution in [1.82, 2.24) is 9.55 Å². The molecule has 1 aromatic carbocycles. The van der Waals surface area contributed by atoms with E-state index in [0.717, 1.165) is 29.3 Å². The van der Waals surface area contributed by atoms with Gasteiger partial charge in [-0.1, -0.05) is 12.1 Å². The third-order valence-corrected chi connectivity index (χ3v) is 4.14. The van der Waals surface area contributed by atoms with Gasteiger partial charge in [-0.25, -0.2) is 4.98 Å². The van der Waals surface area contributed by atoms with Gasteiger partial charge in [-0.05, 0) is 31.9 Å². The van der Waals surface area contributed by atoms with Crippen LogP contribution in [0.2, 0.25) is 0 Å². The molecule has 0 radical (unpaired) electrons. The molecule has 1 aliphatic rings. The summed E-state index contributed by atoms with van der Waals surface area (Å²) in [5.41, 5.74) is 9.55. The molecule has 3 rings (SSSR count). The number of rotatable bonds is 2. The van der Waals surface area contributed by atoms with Gasteiger partial charge in [0.25, 0.3) is 0 Å². The molecule has 1 aromatic heterocycles. The van der Waals surface area contributed by atoms with Gasteiger partial charge < -0.3 is 15.2 Å². The summed E-state index contributed by atoms with van der Waals surface area (Å²) in [4.78, 5) is 6.86. The van der Waals surface area contributed by atoms with Gasteiger partial charge in [0.15, 0.2) is 0 Å². The zero-order chi connectivity index (χ0) is 14.3. The van der Waals surface area contributed by atoms with Crippen LogP contribution in [0.1, 0.15) is 31.6 Å². The Hall–Kier alpha value is -1.97. The number of nitrogen functional groups attached to an aromatic ring is 1. The Balaban J connectivity index is 2.02. The molecule has 0 saturated heterocycles. The number of fused-ring (bicyclic) bond motifs is 1. The maximum Gasteiger partial charge on any atom is 0.131 e. The van der Waals surface area contributed by atoms with Crippen molar-refractivity contribution in [2.75, 3.05) is 24.7 Å². The number of hydrogen-bond acceptors (Lipinski definition) is 3. The van der Waals surface area contributed by atoms with E-state index in [1.807, 2.05) is 14.1 Å². The smallest absolute Gasteiger partial charge is 0.131 e. The molecule has 4 heteroatoms. The Morgan fingerprint density at radius 2 is 1.95 bits per heavy atom. The molecule has 0 amide bonds. The number of nitrogens with zero attached hydrogens (tertiary/aromatic N) is 3. The number of aromatic nitrogens is 2. The first-order valence-electron chi connectivity index (χ1n) is 7.22. The van der Waals surface area contributed by atoms with Gasteiger partial charge in [-0.15, -0.1) is 0 Å². The van der Waals surface area contributed by atoms with Crippen LogP contribution in [0.15, 0.2) is 24.3 Å². The van der Waals surface area contributed by atoms with Gasteiger partial charge in [-0.2, -0.15) is 0 Å². The summed E-state index contributed by atoms with van der Waals surface area (Å²) in [6.07, 6.45) is 3.42. The summed E-state index contributed by atoms with van der Waals surface area (Å²) < 4.78 is 2.21. The lowest BCUT2D eigenvalue weighted by molar-refractivity contribution is 0.430. The first-order chi connectivity index (χ1) is 9.58. The molecular formula is C16H22N4. The largest absolute Gasteiger partial charge is 0.383 e. The van der Waals surface area contributed by atoms with Crippen LogP contribution in [0.25, 0.3) is 11.3 Å². The van der Waals surface area contributed by atoms with E-state index in [1.165, 1.54) is 18.5 Å². The van der Waals surface area contributed by atoms with Crippen LogP contribution in [0.3, 0.4) is 0 Å². The highest BCUT2D eigenvalue weighted by Crippen LogP contribution is 2.34. The van der Waals surface area contributed by atoms with Crippen molar-refractivity contribution in [3.63, 3.8) is 0 Å². The lowest BCUT2D eigenvalue weighted by Crippen LogP contribution is -2.16. The van der Waals surface area contributed by atoms with E-state index < -0.39 is 0 Å². The van der Waals surface area contributed by atoms with Crippen molar-refractivity contribution in [3.8, 4) is 11.3 Å². The molecular weight excluding hydrogens is 248 g/mol.